The molecule has 2 aliphatic carbocycles. The molecule has 0 heterocycles. The lowest BCUT2D eigenvalue weighted by atomic mass is 9.55. The zero-order chi connectivity index (χ0) is 14.9. The van der Waals surface area contributed by atoms with Crippen molar-refractivity contribution in [1.29, 1.82) is 0 Å². The van der Waals surface area contributed by atoms with Gasteiger partial charge in [0.1, 0.15) is 11.6 Å². The summed E-state index contributed by atoms with van der Waals surface area (Å²) in [4.78, 5) is 0. The van der Waals surface area contributed by atoms with E-state index in [1.807, 2.05) is 6.92 Å². The number of rotatable bonds is 4. The first kappa shape index (κ1) is 14.8. The first-order valence-electron chi connectivity index (χ1n) is 7.98. The summed E-state index contributed by atoms with van der Waals surface area (Å²) in [5, 5.41) is 3.35. The molecular weight excluding hydrogens is 272 g/mol. The SMILES string of the molecule is CCOC1CC(Nc2cc(F)cc(F)c2)C12CCCCC2. The minimum atomic E-state index is -0.532. The van der Waals surface area contributed by atoms with Crippen molar-refractivity contribution in [1.82, 2.24) is 0 Å². The minimum Gasteiger partial charge on any atom is -0.381 e. The topological polar surface area (TPSA) is 21.3 Å². The summed E-state index contributed by atoms with van der Waals surface area (Å²) in [6.07, 6.45) is 7.23. The van der Waals surface area contributed by atoms with Gasteiger partial charge in [0.2, 0.25) is 0 Å². The highest BCUT2D eigenvalue weighted by Gasteiger charge is 2.55. The Kier molecular flexibility index (Phi) is 4.16. The van der Waals surface area contributed by atoms with Crippen molar-refractivity contribution >= 4 is 5.69 Å². The summed E-state index contributed by atoms with van der Waals surface area (Å²) in [5.74, 6) is -1.06. The molecule has 116 valence electrons. The molecule has 0 radical (unpaired) electrons. The third-order valence-electron chi connectivity index (χ3n) is 5.14. The summed E-state index contributed by atoms with van der Waals surface area (Å²) in [5.41, 5.74) is 0.689. The quantitative estimate of drug-likeness (QED) is 0.882. The maximum Gasteiger partial charge on any atom is 0.128 e. The average Bonchev–Trinajstić information content (AvgIpc) is 2.46. The Morgan fingerprint density at radius 1 is 1.14 bits per heavy atom. The molecule has 2 saturated carbocycles. The normalized spacial score (nSPS) is 27.4. The van der Waals surface area contributed by atoms with E-state index in [0.29, 0.717) is 11.8 Å². The number of benzene rings is 1. The Morgan fingerprint density at radius 2 is 1.81 bits per heavy atom. The van der Waals surface area contributed by atoms with E-state index < -0.39 is 11.6 Å². The molecule has 1 N–H and O–H groups in total. The molecule has 0 aliphatic heterocycles. The molecule has 2 fully saturated rings. The van der Waals surface area contributed by atoms with E-state index in [0.717, 1.165) is 31.9 Å². The Morgan fingerprint density at radius 3 is 2.43 bits per heavy atom. The van der Waals surface area contributed by atoms with Crippen molar-refractivity contribution in [3.63, 3.8) is 0 Å². The van der Waals surface area contributed by atoms with Gasteiger partial charge in [0.05, 0.1) is 6.10 Å². The zero-order valence-electron chi connectivity index (χ0n) is 12.5. The zero-order valence-corrected chi connectivity index (χ0v) is 12.5. The highest BCUT2D eigenvalue weighted by molar-refractivity contribution is 5.46. The Hall–Kier alpha value is -1.16. The number of halogens is 2. The lowest BCUT2D eigenvalue weighted by Crippen LogP contribution is -2.62. The van der Waals surface area contributed by atoms with Crippen LogP contribution < -0.4 is 5.32 Å². The molecule has 2 nitrogen and oxygen atoms in total. The van der Waals surface area contributed by atoms with Crippen LogP contribution in [0.3, 0.4) is 0 Å². The van der Waals surface area contributed by atoms with Crippen molar-refractivity contribution in [2.75, 3.05) is 11.9 Å². The highest BCUT2D eigenvalue weighted by atomic mass is 19.1. The largest absolute Gasteiger partial charge is 0.381 e. The number of anilines is 1. The van der Waals surface area contributed by atoms with Crippen LogP contribution in [0.5, 0.6) is 0 Å². The predicted molar refractivity (Wildman–Crippen MR) is 79.3 cm³/mol. The number of nitrogens with one attached hydrogen (secondary N) is 1. The molecular formula is C17H23F2NO. The summed E-state index contributed by atoms with van der Waals surface area (Å²) < 4.78 is 32.6. The molecule has 1 spiro atoms. The Bertz CT molecular complexity index is 479. The van der Waals surface area contributed by atoms with E-state index in [2.05, 4.69) is 5.32 Å². The summed E-state index contributed by atoms with van der Waals surface area (Å²) in [6, 6.07) is 3.91. The average molecular weight is 295 g/mol. The number of ether oxygens (including phenoxy) is 1. The molecule has 3 rings (SSSR count). The van der Waals surface area contributed by atoms with Gasteiger partial charge in [0, 0.05) is 29.8 Å². The van der Waals surface area contributed by atoms with Gasteiger partial charge in [-0.1, -0.05) is 19.3 Å². The van der Waals surface area contributed by atoms with Crippen LogP contribution in [0.15, 0.2) is 18.2 Å². The van der Waals surface area contributed by atoms with Crippen LogP contribution in [0, 0.1) is 17.0 Å². The molecule has 0 bridgehead atoms. The van der Waals surface area contributed by atoms with Crippen LogP contribution >= 0.6 is 0 Å². The van der Waals surface area contributed by atoms with Crippen molar-refractivity contribution in [2.24, 2.45) is 5.41 Å². The monoisotopic (exact) mass is 295 g/mol. The van der Waals surface area contributed by atoms with Crippen molar-refractivity contribution in [2.45, 2.75) is 57.6 Å². The van der Waals surface area contributed by atoms with E-state index in [-0.39, 0.29) is 11.5 Å². The third-order valence-corrected chi connectivity index (χ3v) is 5.14. The summed E-state index contributed by atoms with van der Waals surface area (Å²) in [6.45, 7) is 2.76. The van der Waals surface area contributed by atoms with E-state index in [1.165, 1.54) is 31.4 Å². The van der Waals surface area contributed by atoms with Crippen LogP contribution in [0.25, 0.3) is 0 Å². The lowest BCUT2D eigenvalue weighted by molar-refractivity contribution is -0.134. The molecule has 2 atom stereocenters. The predicted octanol–water partition coefficient (Wildman–Crippen LogP) is 4.50. The van der Waals surface area contributed by atoms with E-state index in [4.69, 9.17) is 4.74 Å². The Balaban J connectivity index is 1.75. The minimum absolute atomic E-state index is 0.150. The van der Waals surface area contributed by atoms with Crippen LogP contribution in [0.2, 0.25) is 0 Å². The van der Waals surface area contributed by atoms with Gasteiger partial charge in [-0.15, -0.1) is 0 Å². The van der Waals surface area contributed by atoms with Gasteiger partial charge in [0.15, 0.2) is 0 Å². The fourth-order valence-corrected chi connectivity index (χ4v) is 4.10. The molecule has 2 unspecified atom stereocenters. The van der Waals surface area contributed by atoms with Gasteiger partial charge < -0.3 is 10.1 Å². The number of hydrogen-bond acceptors (Lipinski definition) is 2. The summed E-state index contributed by atoms with van der Waals surface area (Å²) >= 11 is 0. The van der Waals surface area contributed by atoms with Crippen LogP contribution in [0.1, 0.15) is 45.4 Å². The lowest BCUT2D eigenvalue weighted by Gasteiger charge is -2.58. The molecule has 1 aromatic rings. The van der Waals surface area contributed by atoms with Crippen molar-refractivity contribution < 1.29 is 13.5 Å². The second-order valence-corrected chi connectivity index (χ2v) is 6.33. The molecule has 0 aromatic heterocycles. The third kappa shape index (κ3) is 2.78. The standard InChI is InChI=1S/C17H23F2NO/c1-2-21-16-11-15(17(16)6-4-3-5-7-17)20-14-9-12(18)8-13(19)10-14/h8-10,15-16,20H,2-7,11H2,1H3. The van der Waals surface area contributed by atoms with Crippen LogP contribution in [-0.2, 0) is 4.74 Å². The van der Waals surface area contributed by atoms with Gasteiger partial charge >= 0.3 is 0 Å². The van der Waals surface area contributed by atoms with Crippen LogP contribution in [0.4, 0.5) is 14.5 Å². The fraction of sp³-hybridized carbons (Fsp3) is 0.647. The first-order valence-corrected chi connectivity index (χ1v) is 7.98. The molecule has 21 heavy (non-hydrogen) atoms. The maximum absolute atomic E-state index is 13.3. The molecule has 2 aliphatic rings. The molecule has 0 amide bonds. The van der Waals surface area contributed by atoms with Gasteiger partial charge in [-0.2, -0.15) is 0 Å². The smallest absolute Gasteiger partial charge is 0.128 e. The van der Waals surface area contributed by atoms with Crippen molar-refractivity contribution in [3.05, 3.63) is 29.8 Å². The van der Waals surface area contributed by atoms with E-state index in [9.17, 15) is 8.78 Å². The molecule has 0 saturated heterocycles. The maximum atomic E-state index is 13.3. The Labute approximate surface area is 124 Å². The second kappa shape index (κ2) is 5.91. The van der Waals surface area contributed by atoms with Gasteiger partial charge in [-0.25, -0.2) is 8.78 Å². The second-order valence-electron chi connectivity index (χ2n) is 6.33. The fourth-order valence-electron chi connectivity index (χ4n) is 4.10. The number of hydrogen-bond donors (Lipinski definition) is 1. The van der Waals surface area contributed by atoms with E-state index in [1.54, 1.807) is 0 Å². The molecule has 4 heteroatoms. The first-order chi connectivity index (χ1) is 10.1. The van der Waals surface area contributed by atoms with Gasteiger partial charge in [-0.05, 0) is 38.3 Å². The van der Waals surface area contributed by atoms with Gasteiger partial charge in [0.25, 0.3) is 0 Å². The van der Waals surface area contributed by atoms with E-state index >= 15 is 0 Å². The highest BCUT2D eigenvalue weighted by Crippen LogP contribution is 2.54. The van der Waals surface area contributed by atoms with Crippen molar-refractivity contribution in [3.8, 4) is 0 Å². The van der Waals surface area contributed by atoms with Gasteiger partial charge in [-0.3, -0.25) is 0 Å². The van der Waals surface area contributed by atoms with Crippen LogP contribution in [-0.4, -0.2) is 18.8 Å². The molecule has 1 aromatic carbocycles. The summed E-state index contributed by atoms with van der Waals surface area (Å²) in [7, 11) is 0.